The topological polar surface area (TPSA) is 30.7 Å². The van der Waals surface area contributed by atoms with Gasteiger partial charge in [-0.2, -0.15) is 0 Å². The molecular formula is C18H21N3S2. The zero-order chi connectivity index (χ0) is 16.2. The molecule has 0 unspecified atom stereocenters. The molecule has 3 rings (SSSR count). The van der Waals surface area contributed by atoms with Crippen molar-refractivity contribution in [1.29, 1.82) is 0 Å². The van der Waals surface area contributed by atoms with E-state index in [1.165, 1.54) is 28.0 Å². The van der Waals surface area contributed by atoms with Gasteiger partial charge in [-0.3, -0.25) is 0 Å². The van der Waals surface area contributed by atoms with Crippen LogP contribution in [0.25, 0.3) is 11.4 Å². The average molecular weight is 344 g/mol. The largest absolute Gasteiger partial charge is 0.305 e. The fourth-order valence-corrected chi connectivity index (χ4v) is 4.24. The van der Waals surface area contributed by atoms with Crippen molar-refractivity contribution in [3.63, 3.8) is 0 Å². The third-order valence-corrected chi connectivity index (χ3v) is 5.82. The molecule has 3 aromatic rings. The Morgan fingerprint density at radius 3 is 2.70 bits per heavy atom. The Hall–Kier alpha value is -1.59. The maximum atomic E-state index is 4.38. The van der Waals surface area contributed by atoms with Gasteiger partial charge in [0.05, 0.1) is 0 Å². The summed E-state index contributed by atoms with van der Waals surface area (Å²) in [7, 11) is 2.05. The number of nitrogens with zero attached hydrogens (tertiary/aromatic N) is 3. The quantitative estimate of drug-likeness (QED) is 0.584. The van der Waals surface area contributed by atoms with Crippen molar-refractivity contribution in [2.24, 2.45) is 7.05 Å². The molecule has 0 bridgehead atoms. The zero-order valence-electron chi connectivity index (χ0n) is 13.7. The van der Waals surface area contributed by atoms with Gasteiger partial charge in [0.2, 0.25) is 0 Å². The van der Waals surface area contributed by atoms with Crippen molar-refractivity contribution in [3.05, 3.63) is 51.7 Å². The zero-order valence-corrected chi connectivity index (χ0v) is 15.4. The Labute approximate surface area is 145 Å². The third kappa shape index (κ3) is 3.85. The molecule has 2 aromatic heterocycles. The molecule has 0 aliphatic heterocycles. The van der Waals surface area contributed by atoms with Crippen molar-refractivity contribution in [3.8, 4) is 11.4 Å². The summed E-state index contributed by atoms with van der Waals surface area (Å²) in [5.74, 6) is 1.87. The van der Waals surface area contributed by atoms with Gasteiger partial charge < -0.3 is 4.57 Å². The van der Waals surface area contributed by atoms with Crippen LogP contribution in [0.4, 0.5) is 0 Å². The van der Waals surface area contributed by atoms with Gasteiger partial charge in [-0.15, -0.1) is 21.5 Å². The molecule has 5 heteroatoms. The van der Waals surface area contributed by atoms with E-state index in [2.05, 4.69) is 64.3 Å². The highest BCUT2D eigenvalue weighted by Gasteiger charge is 2.13. The van der Waals surface area contributed by atoms with E-state index in [-0.39, 0.29) is 0 Å². The molecule has 0 N–H and O–H groups in total. The second kappa shape index (κ2) is 7.32. The molecule has 0 saturated heterocycles. The highest BCUT2D eigenvalue weighted by molar-refractivity contribution is 7.98. The van der Waals surface area contributed by atoms with Crippen molar-refractivity contribution in [2.75, 3.05) is 0 Å². The monoisotopic (exact) mass is 343 g/mol. The standard InChI is InChI=1S/C18H21N3S2/c1-4-5-16-10-15(12-22-16)17-19-20-18(21(17)3)23-11-14-8-6-13(2)7-9-14/h6-10,12H,4-5,11H2,1-3H3. The van der Waals surface area contributed by atoms with Gasteiger partial charge in [-0.25, -0.2) is 0 Å². The number of thiophene rings is 1. The average Bonchev–Trinajstić information content (AvgIpc) is 3.14. The summed E-state index contributed by atoms with van der Waals surface area (Å²) in [5.41, 5.74) is 3.78. The first-order chi connectivity index (χ1) is 11.2. The van der Waals surface area contributed by atoms with Gasteiger partial charge in [0, 0.05) is 28.6 Å². The van der Waals surface area contributed by atoms with E-state index in [9.17, 15) is 0 Å². The van der Waals surface area contributed by atoms with Gasteiger partial charge in [-0.05, 0) is 25.0 Å². The lowest BCUT2D eigenvalue weighted by Crippen LogP contribution is -1.94. The molecular weight excluding hydrogens is 322 g/mol. The first-order valence-electron chi connectivity index (χ1n) is 7.83. The number of hydrogen-bond donors (Lipinski definition) is 0. The second-order valence-corrected chi connectivity index (χ2v) is 7.63. The number of aryl methyl sites for hydroxylation is 2. The predicted molar refractivity (Wildman–Crippen MR) is 99.1 cm³/mol. The fourth-order valence-electron chi connectivity index (χ4n) is 2.40. The van der Waals surface area contributed by atoms with E-state index in [1.807, 2.05) is 18.4 Å². The highest BCUT2D eigenvalue weighted by atomic mass is 32.2. The molecule has 120 valence electrons. The van der Waals surface area contributed by atoms with Crippen molar-refractivity contribution < 1.29 is 0 Å². The summed E-state index contributed by atoms with van der Waals surface area (Å²) < 4.78 is 2.09. The van der Waals surface area contributed by atoms with Gasteiger partial charge in [-0.1, -0.05) is 54.9 Å². The van der Waals surface area contributed by atoms with E-state index < -0.39 is 0 Å². The Morgan fingerprint density at radius 2 is 1.96 bits per heavy atom. The van der Waals surface area contributed by atoms with Crippen molar-refractivity contribution in [1.82, 2.24) is 14.8 Å². The molecule has 3 nitrogen and oxygen atoms in total. The summed E-state index contributed by atoms with van der Waals surface area (Å²) in [6.45, 7) is 4.32. The Balaban J connectivity index is 1.72. The maximum Gasteiger partial charge on any atom is 0.191 e. The normalized spacial score (nSPS) is 11.1. The van der Waals surface area contributed by atoms with Crippen molar-refractivity contribution >= 4 is 23.1 Å². The van der Waals surface area contributed by atoms with Crippen LogP contribution in [0.2, 0.25) is 0 Å². The molecule has 2 heterocycles. The number of aromatic nitrogens is 3. The smallest absolute Gasteiger partial charge is 0.191 e. The number of hydrogen-bond acceptors (Lipinski definition) is 4. The molecule has 23 heavy (non-hydrogen) atoms. The van der Waals surface area contributed by atoms with E-state index in [4.69, 9.17) is 0 Å². The van der Waals surface area contributed by atoms with Crippen LogP contribution in [0.5, 0.6) is 0 Å². The molecule has 1 aromatic carbocycles. The minimum Gasteiger partial charge on any atom is -0.305 e. The third-order valence-electron chi connectivity index (χ3n) is 3.73. The lowest BCUT2D eigenvalue weighted by Gasteiger charge is -2.03. The molecule has 0 atom stereocenters. The number of benzene rings is 1. The number of rotatable bonds is 6. The molecule has 0 spiro atoms. The highest BCUT2D eigenvalue weighted by Crippen LogP contribution is 2.28. The van der Waals surface area contributed by atoms with E-state index >= 15 is 0 Å². The van der Waals surface area contributed by atoms with Crippen LogP contribution in [0.15, 0.2) is 40.9 Å². The minimum atomic E-state index is 0.914. The summed E-state index contributed by atoms with van der Waals surface area (Å²) in [6.07, 6.45) is 2.31. The van der Waals surface area contributed by atoms with Gasteiger partial charge in [0.15, 0.2) is 11.0 Å². The van der Waals surface area contributed by atoms with Gasteiger partial charge >= 0.3 is 0 Å². The SMILES string of the molecule is CCCc1cc(-c2nnc(SCc3ccc(C)cc3)n2C)cs1. The predicted octanol–water partition coefficient (Wildman–Crippen LogP) is 5.10. The van der Waals surface area contributed by atoms with Crippen LogP contribution in [-0.2, 0) is 19.2 Å². The number of thioether (sulfide) groups is 1. The molecule has 0 aliphatic rings. The van der Waals surface area contributed by atoms with Crippen LogP contribution in [-0.4, -0.2) is 14.8 Å². The summed E-state index contributed by atoms with van der Waals surface area (Å²) in [6, 6.07) is 10.9. The first-order valence-corrected chi connectivity index (χ1v) is 9.69. The molecule has 0 radical (unpaired) electrons. The maximum absolute atomic E-state index is 4.38. The van der Waals surface area contributed by atoms with E-state index in [1.54, 1.807) is 11.8 Å². The van der Waals surface area contributed by atoms with Crippen LogP contribution >= 0.6 is 23.1 Å². The minimum absolute atomic E-state index is 0.914. The van der Waals surface area contributed by atoms with Gasteiger partial charge in [0.1, 0.15) is 0 Å². The van der Waals surface area contributed by atoms with E-state index in [0.29, 0.717) is 0 Å². The van der Waals surface area contributed by atoms with Crippen LogP contribution in [0, 0.1) is 6.92 Å². The molecule has 0 fully saturated rings. The molecule has 0 saturated carbocycles. The summed E-state index contributed by atoms with van der Waals surface area (Å²) >= 11 is 3.54. The summed E-state index contributed by atoms with van der Waals surface area (Å²) in [5, 5.41) is 11.9. The van der Waals surface area contributed by atoms with Gasteiger partial charge in [0.25, 0.3) is 0 Å². The fraction of sp³-hybridized carbons (Fsp3) is 0.333. The molecule has 0 aliphatic carbocycles. The van der Waals surface area contributed by atoms with Crippen LogP contribution in [0.3, 0.4) is 0 Å². The Bertz CT molecular complexity index is 772. The second-order valence-electron chi connectivity index (χ2n) is 5.69. The lowest BCUT2D eigenvalue weighted by molar-refractivity contribution is 0.794. The Kier molecular flexibility index (Phi) is 5.18. The molecule has 0 amide bonds. The van der Waals surface area contributed by atoms with Crippen molar-refractivity contribution in [2.45, 2.75) is 37.6 Å². The summed E-state index contributed by atoms with van der Waals surface area (Å²) in [4.78, 5) is 1.42. The van der Waals surface area contributed by atoms with Crippen LogP contribution in [0.1, 0.15) is 29.3 Å². The van der Waals surface area contributed by atoms with Crippen LogP contribution < -0.4 is 0 Å². The lowest BCUT2D eigenvalue weighted by atomic mass is 10.2. The van der Waals surface area contributed by atoms with E-state index in [0.717, 1.165) is 23.2 Å². The Morgan fingerprint density at radius 1 is 1.17 bits per heavy atom. The first kappa shape index (κ1) is 16.3.